The molecule has 27 heavy (non-hydrogen) atoms. The van der Waals surface area contributed by atoms with Crippen LogP contribution in [0.3, 0.4) is 0 Å². The molecule has 0 radical (unpaired) electrons. The molecule has 0 saturated heterocycles. The molecule has 0 aliphatic rings. The Hall–Kier alpha value is -3.40. The van der Waals surface area contributed by atoms with Crippen molar-refractivity contribution < 1.29 is 9.18 Å². The summed E-state index contributed by atoms with van der Waals surface area (Å²) in [5, 5.41) is 13.7. The van der Waals surface area contributed by atoms with Crippen molar-refractivity contribution in [2.45, 2.75) is 6.42 Å². The maximum absolute atomic E-state index is 13.2. The largest absolute Gasteiger partial charge is 0.370 e. The molecule has 1 aromatic carbocycles. The van der Waals surface area contributed by atoms with Gasteiger partial charge in [0.05, 0.1) is 16.6 Å². The van der Waals surface area contributed by atoms with E-state index in [1.54, 1.807) is 23.7 Å². The number of H-pyrrole nitrogens is 1. The molecule has 4 rings (SSSR count). The highest BCUT2D eigenvalue weighted by Gasteiger charge is 2.09. The van der Waals surface area contributed by atoms with Gasteiger partial charge in [0.15, 0.2) is 0 Å². The standard InChI is InChI=1S/C17H14FN7OS/c18-11-2-3-12-13(7-11)23-15(22-12)5-6-19-14-4-1-10(8-20-14)16(26)24-17-25-21-9-27-17/h1-4,7-9H,5-6H2,(H,19,20)(H,22,23)(H,24,25,26). The summed E-state index contributed by atoms with van der Waals surface area (Å²) in [6.45, 7) is 0.589. The van der Waals surface area contributed by atoms with Crippen molar-refractivity contribution in [2.75, 3.05) is 17.2 Å². The van der Waals surface area contributed by atoms with Crippen LogP contribution in [0.2, 0.25) is 0 Å². The highest BCUT2D eigenvalue weighted by atomic mass is 32.1. The summed E-state index contributed by atoms with van der Waals surface area (Å²) in [7, 11) is 0. The molecule has 0 saturated carbocycles. The topological polar surface area (TPSA) is 108 Å². The van der Waals surface area contributed by atoms with Gasteiger partial charge in [-0.3, -0.25) is 10.1 Å². The zero-order valence-corrected chi connectivity index (χ0v) is 14.8. The van der Waals surface area contributed by atoms with Crippen molar-refractivity contribution in [3.8, 4) is 0 Å². The first-order valence-corrected chi connectivity index (χ1v) is 8.97. The second-order valence-electron chi connectivity index (χ2n) is 5.65. The number of benzene rings is 1. The van der Waals surface area contributed by atoms with Crippen LogP contribution in [0.25, 0.3) is 11.0 Å². The number of amides is 1. The van der Waals surface area contributed by atoms with Gasteiger partial charge in [-0.2, -0.15) is 0 Å². The lowest BCUT2D eigenvalue weighted by atomic mass is 10.2. The number of imidazole rings is 1. The van der Waals surface area contributed by atoms with Gasteiger partial charge < -0.3 is 10.3 Å². The van der Waals surface area contributed by atoms with Crippen molar-refractivity contribution in [1.82, 2.24) is 25.1 Å². The Labute approximate surface area is 156 Å². The smallest absolute Gasteiger partial charge is 0.259 e. The number of rotatable bonds is 6. The van der Waals surface area contributed by atoms with Crippen LogP contribution in [0.15, 0.2) is 42.0 Å². The maximum Gasteiger partial charge on any atom is 0.259 e. The molecular formula is C17H14FN7OS. The van der Waals surface area contributed by atoms with Crippen molar-refractivity contribution in [1.29, 1.82) is 0 Å². The molecule has 8 nitrogen and oxygen atoms in total. The lowest BCUT2D eigenvalue weighted by molar-refractivity contribution is 0.102. The van der Waals surface area contributed by atoms with E-state index in [-0.39, 0.29) is 11.7 Å². The van der Waals surface area contributed by atoms with Gasteiger partial charge in [-0.15, -0.1) is 10.2 Å². The number of aromatic nitrogens is 5. The molecule has 0 aliphatic heterocycles. The molecule has 0 bridgehead atoms. The predicted molar refractivity (Wildman–Crippen MR) is 100 cm³/mol. The Balaban J connectivity index is 1.32. The van der Waals surface area contributed by atoms with Gasteiger partial charge in [0.25, 0.3) is 5.91 Å². The van der Waals surface area contributed by atoms with E-state index in [9.17, 15) is 9.18 Å². The fourth-order valence-corrected chi connectivity index (χ4v) is 2.93. The number of pyridine rings is 1. The van der Waals surface area contributed by atoms with Crippen LogP contribution in [0.1, 0.15) is 16.2 Å². The van der Waals surface area contributed by atoms with E-state index >= 15 is 0 Å². The molecule has 1 amide bonds. The number of hydrogen-bond donors (Lipinski definition) is 3. The van der Waals surface area contributed by atoms with Crippen LogP contribution in [-0.2, 0) is 6.42 Å². The van der Waals surface area contributed by atoms with E-state index in [1.165, 1.54) is 29.7 Å². The Morgan fingerprint density at radius 2 is 2.19 bits per heavy atom. The predicted octanol–water partition coefficient (Wildman–Crippen LogP) is 2.86. The van der Waals surface area contributed by atoms with Crippen molar-refractivity contribution in [2.24, 2.45) is 0 Å². The lowest BCUT2D eigenvalue weighted by Crippen LogP contribution is -2.13. The van der Waals surface area contributed by atoms with E-state index in [4.69, 9.17) is 0 Å². The highest BCUT2D eigenvalue weighted by molar-refractivity contribution is 7.13. The zero-order chi connectivity index (χ0) is 18.6. The van der Waals surface area contributed by atoms with Gasteiger partial charge in [-0.05, 0) is 30.3 Å². The normalized spacial score (nSPS) is 10.9. The maximum atomic E-state index is 13.2. The fraction of sp³-hybridized carbons (Fsp3) is 0.118. The van der Waals surface area contributed by atoms with Crippen LogP contribution < -0.4 is 10.6 Å². The van der Waals surface area contributed by atoms with Gasteiger partial charge in [0.1, 0.15) is 23.0 Å². The van der Waals surface area contributed by atoms with E-state index in [1.807, 2.05) is 0 Å². The third kappa shape index (κ3) is 4.06. The second kappa shape index (κ2) is 7.46. The molecule has 0 spiro atoms. The number of aromatic amines is 1. The summed E-state index contributed by atoms with van der Waals surface area (Å²) in [5.41, 5.74) is 3.37. The number of nitrogens with one attached hydrogen (secondary N) is 3. The quantitative estimate of drug-likeness (QED) is 0.472. The minimum absolute atomic E-state index is 0.291. The first kappa shape index (κ1) is 17.0. The average Bonchev–Trinajstić information content (AvgIpc) is 3.31. The van der Waals surface area contributed by atoms with Crippen LogP contribution >= 0.6 is 11.3 Å². The monoisotopic (exact) mass is 383 g/mol. The zero-order valence-electron chi connectivity index (χ0n) is 13.9. The minimum Gasteiger partial charge on any atom is -0.370 e. The highest BCUT2D eigenvalue weighted by Crippen LogP contribution is 2.14. The number of halogens is 1. The van der Waals surface area contributed by atoms with E-state index in [0.29, 0.717) is 35.0 Å². The number of carbonyl (C=O) groups is 1. The van der Waals surface area contributed by atoms with Crippen LogP contribution in [0.5, 0.6) is 0 Å². The van der Waals surface area contributed by atoms with Gasteiger partial charge in [-0.1, -0.05) is 11.3 Å². The van der Waals surface area contributed by atoms with Gasteiger partial charge >= 0.3 is 0 Å². The molecule has 0 fully saturated rings. The summed E-state index contributed by atoms with van der Waals surface area (Å²) < 4.78 is 13.2. The molecule has 10 heteroatoms. The fourth-order valence-electron chi connectivity index (χ4n) is 2.49. The van der Waals surface area contributed by atoms with Gasteiger partial charge in [0, 0.05) is 19.2 Å². The molecular weight excluding hydrogens is 369 g/mol. The molecule has 3 heterocycles. The molecule has 0 atom stereocenters. The molecule has 4 aromatic rings. The van der Waals surface area contributed by atoms with Crippen molar-refractivity contribution in [3.05, 3.63) is 59.2 Å². The molecule has 0 aliphatic carbocycles. The summed E-state index contributed by atoms with van der Waals surface area (Å²) in [5.74, 6) is 0.816. The third-order valence-electron chi connectivity index (χ3n) is 3.77. The number of carbonyl (C=O) groups excluding carboxylic acids is 1. The van der Waals surface area contributed by atoms with Crippen molar-refractivity contribution >= 4 is 39.2 Å². The molecule has 0 unspecified atom stereocenters. The Morgan fingerprint density at radius 3 is 2.96 bits per heavy atom. The first-order chi connectivity index (χ1) is 13.2. The van der Waals surface area contributed by atoms with Gasteiger partial charge in [-0.25, -0.2) is 14.4 Å². The van der Waals surface area contributed by atoms with E-state index < -0.39 is 0 Å². The summed E-state index contributed by atoms with van der Waals surface area (Å²) in [6.07, 6.45) is 2.11. The van der Waals surface area contributed by atoms with Crippen LogP contribution in [0, 0.1) is 5.82 Å². The lowest BCUT2D eigenvalue weighted by Gasteiger charge is -2.05. The summed E-state index contributed by atoms with van der Waals surface area (Å²) in [4.78, 5) is 23.8. The number of anilines is 2. The number of hydrogen-bond acceptors (Lipinski definition) is 7. The SMILES string of the molecule is O=C(Nc1nncs1)c1ccc(NCCc2nc3ccc(F)cc3[nH]2)nc1. The third-order valence-corrected chi connectivity index (χ3v) is 4.37. The first-order valence-electron chi connectivity index (χ1n) is 8.09. The summed E-state index contributed by atoms with van der Waals surface area (Å²) in [6, 6.07) is 7.86. The van der Waals surface area contributed by atoms with Gasteiger partial charge in [0.2, 0.25) is 5.13 Å². The minimum atomic E-state index is -0.296. The number of fused-ring (bicyclic) bond motifs is 1. The van der Waals surface area contributed by atoms with E-state index in [2.05, 4.69) is 35.8 Å². The molecule has 3 N–H and O–H groups in total. The number of nitrogens with zero attached hydrogens (tertiary/aromatic N) is 4. The van der Waals surface area contributed by atoms with Crippen LogP contribution in [-0.4, -0.2) is 37.6 Å². The Bertz CT molecular complexity index is 1060. The Morgan fingerprint density at radius 1 is 1.26 bits per heavy atom. The molecule has 3 aromatic heterocycles. The second-order valence-corrected chi connectivity index (χ2v) is 6.49. The van der Waals surface area contributed by atoms with Crippen molar-refractivity contribution in [3.63, 3.8) is 0 Å². The summed E-state index contributed by atoms with van der Waals surface area (Å²) >= 11 is 1.24. The molecule has 136 valence electrons. The van der Waals surface area contributed by atoms with E-state index in [0.717, 1.165) is 11.3 Å². The Kier molecular flexibility index (Phi) is 4.71. The van der Waals surface area contributed by atoms with Crippen LogP contribution in [0.4, 0.5) is 15.3 Å². The average molecular weight is 383 g/mol.